The maximum absolute atomic E-state index is 12.6. The number of rotatable bonds is 2. The Bertz CT molecular complexity index is 406. The minimum Gasteiger partial charge on any atom is -0.480 e. The number of hydrogen-bond acceptors (Lipinski definition) is 2. The van der Waals surface area contributed by atoms with Gasteiger partial charge in [0.25, 0.3) is 0 Å². The van der Waals surface area contributed by atoms with E-state index in [1.807, 2.05) is 0 Å². The molecule has 21 heavy (non-hydrogen) atoms. The molecule has 1 aliphatic heterocycles. The summed E-state index contributed by atoms with van der Waals surface area (Å²) in [6.45, 7) is 0. The lowest BCUT2D eigenvalue weighted by atomic mass is 9.85. The molecule has 2 saturated carbocycles. The third-order valence-corrected chi connectivity index (χ3v) is 5.54. The molecular formula is C16H26N2O3. The molecule has 0 radical (unpaired) electrons. The first-order valence-corrected chi connectivity index (χ1v) is 8.48. The number of nitrogens with one attached hydrogen (secondary N) is 1. The molecule has 5 heteroatoms. The molecule has 0 unspecified atom stereocenters. The molecule has 0 spiro atoms. The summed E-state index contributed by atoms with van der Waals surface area (Å²) >= 11 is 0. The molecule has 0 aromatic heterocycles. The van der Waals surface area contributed by atoms with Crippen LogP contribution in [0.4, 0.5) is 4.79 Å². The Morgan fingerprint density at radius 2 is 1.62 bits per heavy atom. The monoisotopic (exact) mass is 294 g/mol. The van der Waals surface area contributed by atoms with E-state index in [9.17, 15) is 14.7 Å². The minimum atomic E-state index is -0.844. The van der Waals surface area contributed by atoms with E-state index >= 15 is 0 Å². The number of urea groups is 1. The van der Waals surface area contributed by atoms with Crippen molar-refractivity contribution in [3.05, 3.63) is 0 Å². The van der Waals surface area contributed by atoms with Gasteiger partial charge in [-0.2, -0.15) is 0 Å². The van der Waals surface area contributed by atoms with Gasteiger partial charge in [-0.1, -0.05) is 32.1 Å². The maximum atomic E-state index is 12.6. The molecular weight excluding hydrogens is 268 g/mol. The van der Waals surface area contributed by atoms with Gasteiger partial charge in [-0.3, -0.25) is 0 Å². The van der Waals surface area contributed by atoms with Crippen LogP contribution >= 0.6 is 0 Å². The van der Waals surface area contributed by atoms with E-state index in [-0.39, 0.29) is 18.1 Å². The second-order valence-corrected chi connectivity index (χ2v) is 6.89. The maximum Gasteiger partial charge on any atom is 0.326 e. The lowest BCUT2D eigenvalue weighted by Gasteiger charge is -2.34. The van der Waals surface area contributed by atoms with Crippen molar-refractivity contribution in [2.45, 2.75) is 82.3 Å². The molecule has 2 N–H and O–H groups in total. The van der Waals surface area contributed by atoms with Gasteiger partial charge in [0.2, 0.25) is 0 Å². The van der Waals surface area contributed by atoms with Crippen molar-refractivity contribution in [1.82, 2.24) is 10.2 Å². The van der Waals surface area contributed by atoms with Crippen molar-refractivity contribution in [1.29, 1.82) is 0 Å². The Morgan fingerprint density at radius 3 is 2.33 bits per heavy atom. The highest BCUT2D eigenvalue weighted by atomic mass is 16.4. The lowest BCUT2D eigenvalue weighted by molar-refractivity contribution is -0.141. The quantitative estimate of drug-likeness (QED) is 0.822. The van der Waals surface area contributed by atoms with Gasteiger partial charge in [0, 0.05) is 12.1 Å². The number of amides is 2. The zero-order valence-electron chi connectivity index (χ0n) is 12.6. The topological polar surface area (TPSA) is 69.6 Å². The van der Waals surface area contributed by atoms with Crippen LogP contribution in [0.2, 0.25) is 0 Å². The molecule has 0 aromatic rings. The van der Waals surface area contributed by atoms with Crippen molar-refractivity contribution in [2.24, 2.45) is 5.92 Å². The number of likely N-dealkylation sites (tertiary alicyclic amines) is 1. The average Bonchev–Trinajstić information content (AvgIpc) is 2.88. The third-order valence-electron chi connectivity index (χ3n) is 5.54. The van der Waals surface area contributed by atoms with Crippen LogP contribution in [-0.4, -0.2) is 40.1 Å². The summed E-state index contributed by atoms with van der Waals surface area (Å²) in [6, 6.07) is -0.378. The first-order chi connectivity index (χ1) is 10.2. The van der Waals surface area contributed by atoms with E-state index in [0.29, 0.717) is 12.3 Å². The number of carboxylic acids is 1. The second-order valence-electron chi connectivity index (χ2n) is 6.89. The van der Waals surface area contributed by atoms with Crippen LogP contribution in [-0.2, 0) is 4.79 Å². The predicted octanol–water partition coefficient (Wildman–Crippen LogP) is 2.75. The summed E-state index contributed by atoms with van der Waals surface area (Å²) in [5.41, 5.74) is 0. The van der Waals surface area contributed by atoms with Crippen LogP contribution < -0.4 is 5.32 Å². The summed E-state index contributed by atoms with van der Waals surface area (Å²) in [4.78, 5) is 25.8. The molecule has 118 valence electrons. The highest BCUT2D eigenvalue weighted by Gasteiger charge is 2.47. The molecule has 1 heterocycles. The number of aliphatic carboxylic acids is 1. The van der Waals surface area contributed by atoms with E-state index in [0.717, 1.165) is 32.1 Å². The van der Waals surface area contributed by atoms with E-state index in [1.165, 1.54) is 25.7 Å². The minimum absolute atomic E-state index is 0.135. The highest BCUT2D eigenvalue weighted by Crippen LogP contribution is 2.39. The molecule has 3 fully saturated rings. The predicted molar refractivity (Wildman–Crippen MR) is 79.0 cm³/mol. The fraction of sp³-hybridized carbons (Fsp3) is 0.875. The Labute approximate surface area is 126 Å². The normalized spacial score (nSPS) is 33.5. The summed E-state index contributed by atoms with van der Waals surface area (Å²) < 4.78 is 0. The molecule has 3 atom stereocenters. The number of hydrogen-bond donors (Lipinski definition) is 2. The van der Waals surface area contributed by atoms with Gasteiger partial charge < -0.3 is 15.3 Å². The largest absolute Gasteiger partial charge is 0.480 e. The lowest BCUT2D eigenvalue weighted by Crippen LogP contribution is -2.53. The SMILES string of the molecule is O=C(O)[C@@H]1C[C@@H]2CCCC[C@H]2N1C(=O)NC1CCCCC1. The van der Waals surface area contributed by atoms with E-state index in [1.54, 1.807) is 4.90 Å². The number of nitrogens with zero attached hydrogens (tertiary/aromatic N) is 1. The van der Waals surface area contributed by atoms with Crippen molar-refractivity contribution in [3.8, 4) is 0 Å². The van der Waals surface area contributed by atoms with Gasteiger partial charge in [-0.05, 0) is 38.0 Å². The van der Waals surface area contributed by atoms with Crippen LogP contribution in [0.1, 0.15) is 64.2 Å². The van der Waals surface area contributed by atoms with Gasteiger partial charge in [0.1, 0.15) is 6.04 Å². The number of fused-ring (bicyclic) bond motifs is 1. The molecule has 0 aromatic carbocycles. The molecule has 2 aliphatic carbocycles. The zero-order valence-corrected chi connectivity index (χ0v) is 12.6. The Kier molecular flexibility index (Phi) is 4.36. The number of carbonyl (C=O) groups is 2. The number of carboxylic acid groups (broad SMARTS) is 1. The van der Waals surface area contributed by atoms with Gasteiger partial charge >= 0.3 is 12.0 Å². The molecule has 3 rings (SSSR count). The van der Waals surface area contributed by atoms with Crippen molar-refractivity contribution >= 4 is 12.0 Å². The smallest absolute Gasteiger partial charge is 0.326 e. The Balaban J connectivity index is 1.69. The van der Waals surface area contributed by atoms with E-state index in [2.05, 4.69) is 5.32 Å². The Hall–Kier alpha value is -1.26. The average molecular weight is 294 g/mol. The van der Waals surface area contributed by atoms with Crippen LogP contribution in [0, 0.1) is 5.92 Å². The first-order valence-electron chi connectivity index (χ1n) is 8.48. The molecule has 0 bridgehead atoms. The fourth-order valence-electron chi connectivity index (χ4n) is 4.47. The van der Waals surface area contributed by atoms with E-state index < -0.39 is 12.0 Å². The fourth-order valence-corrected chi connectivity index (χ4v) is 4.47. The molecule has 2 amide bonds. The molecule has 3 aliphatic rings. The third kappa shape index (κ3) is 3.01. The summed E-state index contributed by atoms with van der Waals surface area (Å²) in [5.74, 6) is -0.458. The summed E-state index contributed by atoms with van der Waals surface area (Å²) in [7, 11) is 0. The second kappa shape index (κ2) is 6.24. The van der Waals surface area contributed by atoms with Crippen molar-refractivity contribution in [2.75, 3.05) is 0 Å². The van der Waals surface area contributed by atoms with Crippen LogP contribution in [0.5, 0.6) is 0 Å². The van der Waals surface area contributed by atoms with Gasteiger partial charge in [0.15, 0.2) is 0 Å². The summed E-state index contributed by atoms with van der Waals surface area (Å²) in [6.07, 6.45) is 10.6. The summed E-state index contributed by atoms with van der Waals surface area (Å²) in [5, 5.41) is 12.6. The molecule has 1 saturated heterocycles. The van der Waals surface area contributed by atoms with Crippen LogP contribution in [0.25, 0.3) is 0 Å². The van der Waals surface area contributed by atoms with Gasteiger partial charge in [0.05, 0.1) is 0 Å². The zero-order chi connectivity index (χ0) is 14.8. The first kappa shape index (κ1) is 14.7. The molecule has 5 nitrogen and oxygen atoms in total. The van der Waals surface area contributed by atoms with Crippen molar-refractivity contribution < 1.29 is 14.7 Å². The number of carbonyl (C=O) groups excluding carboxylic acids is 1. The van der Waals surface area contributed by atoms with E-state index in [4.69, 9.17) is 0 Å². The van der Waals surface area contributed by atoms with Gasteiger partial charge in [-0.25, -0.2) is 9.59 Å². The van der Waals surface area contributed by atoms with Crippen LogP contribution in [0.15, 0.2) is 0 Å². The highest BCUT2D eigenvalue weighted by molar-refractivity contribution is 5.84. The van der Waals surface area contributed by atoms with Gasteiger partial charge in [-0.15, -0.1) is 0 Å². The standard InChI is InChI=1S/C16H26N2O3/c19-15(20)14-10-11-6-4-5-9-13(11)18(14)16(21)17-12-7-2-1-3-8-12/h11-14H,1-10H2,(H,17,21)(H,19,20)/t11-,13+,14-/m0/s1. The van der Waals surface area contributed by atoms with Crippen molar-refractivity contribution in [3.63, 3.8) is 0 Å². The Morgan fingerprint density at radius 1 is 0.952 bits per heavy atom. The van der Waals surface area contributed by atoms with Crippen LogP contribution in [0.3, 0.4) is 0 Å².